The van der Waals surface area contributed by atoms with Crippen molar-refractivity contribution in [2.75, 3.05) is 26.2 Å². The maximum absolute atomic E-state index is 2.72. The van der Waals surface area contributed by atoms with E-state index in [1.807, 2.05) is 0 Å². The SMILES string of the molecule is CCCCCCCCCCP(C)(C)(C)I. The zero-order valence-corrected chi connectivity index (χ0v) is 14.2. The van der Waals surface area contributed by atoms with Crippen molar-refractivity contribution in [2.24, 2.45) is 0 Å². The number of rotatable bonds is 9. The third-order valence-corrected chi connectivity index (χ3v) is 6.04. The van der Waals surface area contributed by atoms with Gasteiger partial charge in [0.1, 0.15) is 0 Å². The second kappa shape index (κ2) is 7.48. The zero-order valence-electron chi connectivity index (χ0n) is 11.2. The van der Waals surface area contributed by atoms with Crippen molar-refractivity contribution in [3.63, 3.8) is 0 Å². The van der Waals surface area contributed by atoms with Gasteiger partial charge in [-0.1, -0.05) is 0 Å². The second-order valence-corrected chi connectivity index (χ2v) is 23.1. The van der Waals surface area contributed by atoms with Gasteiger partial charge in [0.15, 0.2) is 0 Å². The fraction of sp³-hybridized carbons (Fsp3) is 1.00. The van der Waals surface area contributed by atoms with E-state index >= 15 is 0 Å². The average Bonchev–Trinajstić information content (AvgIpc) is 2.07. The zero-order chi connectivity index (χ0) is 11.8. The predicted octanol–water partition coefficient (Wildman–Crippen LogP) is 5.92. The molecule has 15 heavy (non-hydrogen) atoms. The van der Waals surface area contributed by atoms with Crippen molar-refractivity contribution in [3.8, 4) is 0 Å². The standard InChI is InChI=1S/C13H30IP/c1-5-6-7-8-9-10-11-12-13-15(2,3,4)14/h5-13H2,1-4H3. The Bertz CT molecular complexity index is 148. The van der Waals surface area contributed by atoms with Gasteiger partial charge in [-0.2, -0.15) is 0 Å². The summed E-state index contributed by atoms with van der Waals surface area (Å²) in [4.78, 5) is 0. The third kappa shape index (κ3) is 15.2. The molecule has 0 radical (unpaired) electrons. The monoisotopic (exact) mass is 344 g/mol. The van der Waals surface area contributed by atoms with Crippen molar-refractivity contribution >= 4 is 26.3 Å². The van der Waals surface area contributed by atoms with Gasteiger partial charge in [0.2, 0.25) is 0 Å². The molecule has 0 spiro atoms. The van der Waals surface area contributed by atoms with Crippen LogP contribution >= 0.6 is 26.3 Å². The Labute approximate surface area is 110 Å². The quantitative estimate of drug-likeness (QED) is 0.277. The fourth-order valence-corrected chi connectivity index (χ4v) is 4.09. The van der Waals surface area contributed by atoms with E-state index < -0.39 is 4.25 Å². The second-order valence-electron chi connectivity index (χ2n) is 6.12. The first-order chi connectivity index (χ1) is 6.81. The fourth-order valence-electron chi connectivity index (χ4n) is 1.78. The number of halogens is 1. The summed E-state index contributed by atoms with van der Waals surface area (Å²) in [5.74, 6) is 0. The van der Waals surface area contributed by atoms with Crippen molar-refractivity contribution < 1.29 is 0 Å². The van der Waals surface area contributed by atoms with Gasteiger partial charge in [0.05, 0.1) is 0 Å². The van der Waals surface area contributed by atoms with E-state index in [1.54, 1.807) is 0 Å². The van der Waals surface area contributed by atoms with Gasteiger partial charge in [-0.25, -0.2) is 0 Å². The molecule has 0 amide bonds. The summed E-state index contributed by atoms with van der Waals surface area (Å²) in [5.41, 5.74) is 0. The average molecular weight is 344 g/mol. The summed E-state index contributed by atoms with van der Waals surface area (Å²) < 4.78 is -1.22. The van der Waals surface area contributed by atoms with Crippen LogP contribution in [0.3, 0.4) is 0 Å². The first-order valence-electron chi connectivity index (χ1n) is 6.53. The van der Waals surface area contributed by atoms with E-state index in [9.17, 15) is 0 Å². The molecular formula is C13H30IP. The molecule has 0 atom stereocenters. The molecule has 0 fully saturated rings. The summed E-state index contributed by atoms with van der Waals surface area (Å²) in [6.45, 7) is 9.72. The molecule has 0 nitrogen and oxygen atoms in total. The van der Waals surface area contributed by atoms with E-state index in [0.717, 1.165) is 0 Å². The van der Waals surface area contributed by atoms with Crippen LogP contribution in [-0.4, -0.2) is 26.2 Å². The Kier molecular flexibility index (Phi) is 8.06. The van der Waals surface area contributed by atoms with E-state index in [2.05, 4.69) is 49.0 Å². The molecule has 0 aliphatic heterocycles. The summed E-state index contributed by atoms with van der Waals surface area (Å²) in [6, 6.07) is 0. The van der Waals surface area contributed by atoms with Crippen LogP contribution in [0.4, 0.5) is 0 Å². The normalized spacial score (nSPS) is 14.9. The van der Waals surface area contributed by atoms with Gasteiger partial charge in [0.25, 0.3) is 0 Å². The number of unbranched alkanes of at least 4 members (excludes halogenated alkanes) is 7. The molecule has 0 aromatic rings. The van der Waals surface area contributed by atoms with Crippen LogP contribution < -0.4 is 0 Å². The molecule has 0 aliphatic carbocycles. The van der Waals surface area contributed by atoms with Gasteiger partial charge in [-0.05, 0) is 0 Å². The Morgan fingerprint density at radius 2 is 1.13 bits per heavy atom. The Balaban J connectivity index is 3.19. The van der Waals surface area contributed by atoms with Gasteiger partial charge in [-0.15, -0.1) is 0 Å². The number of hydrogen-bond donors (Lipinski definition) is 0. The summed E-state index contributed by atoms with van der Waals surface area (Å²) in [5, 5.41) is 0. The summed E-state index contributed by atoms with van der Waals surface area (Å²) in [6.07, 6.45) is 13.0. The topological polar surface area (TPSA) is 0 Å². The van der Waals surface area contributed by atoms with Crippen molar-refractivity contribution in [3.05, 3.63) is 0 Å². The molecule has 0 aromatic carbocycles. The predicted molar refractivity (Wildman–Crippen MR) is 86.2 cm³/mol. The van der Waals surface area contributed by atoms with Crippen LogP contribution in [0.25, 0.3) is 0 Å². The Morgan fingerprint density at radius 1 is 0.733 bits per heavy atom. The van der Waals surface area contributed by atoms with Gasteiger partial charge >= 0.3 is 111 Å². The van der Waals surface area contributed by atoms with Crippen molar-refractivity contribution in [2.45, 2.75) is 58.3 Å². The molecule has 94 valence electrons. The molecule has 0 aliphatic rings. The molecule has 0 rings (SSSR count). The van der Waals surface area contributed by atoms with Crippen LogP contribution in [0.1, 0.15) is 58.3 Å². The molecule has 0 saturated heterocycles. The molecule has 2 heteroatoms. The molecule has 0 bridgehead atoms. The van der Waals surface area contributed by atoms with Crippen LogP contribution in [-0.2, 0) is 0 Å². The molecule has 0 heterocycles. The number of hydrogen-bond acceptors (Lipinski definition) is 0. The molecular weight excluding hydrogens is 314 g/mol. The van der Waals surface area contributed by atoms with Crippen LogP contribution in [0, 0.1) is 0 Å². The minimum atomic E-state index is -1.22. The first kappa shape index (κ1) is 16.2. The van der Waals surface area contributed by atoms with Crippen molar-refractivity contribution in [1.82, 2.24) is 0 Å². The van der Waals surface area contributed by atoms with E-state index in [4.69, 9.17) is 0 Å². The van der Waals surface area contributed by atoms with Gasteiger partial charge in [0, 0.05) is 0 Å². The maximum atomic E-state index is 2.72. The van der Waals surface area contributed by atoms with E-state index in [1.165, 1.54) is 57.5 Å². The first-order valence-corrected chi connectivity index (χ1v) is 13.1. The Morgan fingerprint density at radius 3 is 1.53 bits per heavy atom. The molecule has 0 saturated carbocycles. The van der Waals surface area contributed by atoms with Crippen LogP contribution in [0.2, 0.25) is 0 Å². The summed E-state index contributed by atoms with van der Waals surface area (Å²) in [7, 11) is 0. The van der Waals surface area contributed by atoms with Crippen LogP contribution in [0.5, 0.6) is 0 Å². The molecule has 0 aromatic heterocycles. The molecule has 0 N–H and O–H groups in total. The van der Waals surface area contributed by atoms with Crippen molar-refractivity contribution in [1.29, 1.82) is 0 Å². The van der Waals surface area contributed by atoms with E-state index in [0.29, 0.717) is 0 Å². The molecule has 0 unspecified atom stereocenters. The van der Waals surface area contributed by atoms with E-state index in [-0.39, 0.29) is 0 Å². The van der Waals surface area contributed by atoms with Gasteiger partial charge < -0.3 is 0 Å². The van der Waals surface area contributed by atoms with Gasteiger partial charge in [-0.3, -0.25) is 0 Å². The summed E-state index contributed by atoms with van der Waals surface area (Å²) >= 11 is 2.72. The Hall–Kier alpha value is 1.16. The minimum absolute atomic E-state index is 1.22. The third-order valence-electron chi connectivity index (χ3n) is 2.77. The van der Waals surface area contributed by atoms with Crippen LogP contribution in [0.15, 0.2) is 0 Å².